The van der Waals surface area contributed by atoms with Crippen molar-refractivity contribution in [1.29, 1.82) is 0 Å². The van der Waals surface area contributed by atoms with E-state index >= 15 is 0 Å². The van der Waals surface area contributed by atoms with E-state index in [0.717, 1.165) is 38.2 Å². The van der Waals surface area contributed by atoms with Crippen LogP contribution in [0.1, 0.15) is 30.0 Å². The lowest BCUT2D eigenvalue weighted by atomic mass is 10.0. The van der Waals surface area contributed by atoms with Crippen LogP contribution in [-0.4, -0.2) is 59.6 Å². The molecule has 1 aromatic rings. The smallest absolute Gasteiger partial charge is 0.227 e. The molecule has 1 saturated heterocycles. The topological polar surface area (TPSA) is 43.8 Å². The van der Waals surface area contributed by atoms with Gasteiger partial charge in [-0.05, 0) is 31.4 Å². The first-order valence-corrected chi connectivity index (χ1v) is 8.24. The molecule has 122 valence electrons. The number of carbonyl (C=O) groups excluding carboxylic acids is 1. The van der Waals surface area contributed by atoms with Gasteiger partial charge >= 0.3 is 0 Å². The van der Waals surface area contributed by atoms with Crippen molar-refractivity contribution in [2.75, 3.05) is 32.8 Å². The molecule has 2 rings (SSSR count). The molecule has 0 unspecified atom stereocenters. The number of benzene rings is 1. The minimum absolute atomic E-state index is 0.201. The van der Waals surface area contributed by atoms with E-state index in [4.69, 9.17) is 0 Å². The third-order valence-electron chi connectivity index (χ3n) is 4.71. The van der Waals surface area contributed by atoms with Crippen LogP contribution >= 0.6 is 0 Å². The molecule has 1 heterocycles. The number of amides is 1. The number of aliphatic hydroxyl groups excluding tert-OH is 1. The summed E-state index contributed by atoms with van der Waals surface area (Å²) in [6, 6.07) is 6.52. The number of rotatable bonds is 5. The predicted molar refractivity (Wildman–Crippen MR) is 88.9 cm³/mol. The molecule has 1 fully saturated rings. The summed E-state index contributed by atoms with van der Waals surface area (Å²) in [5, 5.41) is 9.38. The van der Waals surface area contributed by atoms with E-state index < -0.39 is 0 Å². The zero-order valence-electron chi connectivity index (χ0n) is 14.0. The standard InChI is InChI=1S/C18H28N2O2/c1-4-17(13-21)19-7-9-20(10-8-19)18(22)12-16-11-14(2)5-6-15(16)3/h5-6,11,17,21H,4,7-10,12-13H2,1-3H3/t17-/m0/s1. The van der Waals surface area contributed by atoms with Gasteiger partial charge in [0.2, 0.25) is 5.91 Å². The van der Waals surface area contributed by atoms with E-state index in [0.29, 0.717) is 6.42 Å². The molecule has 0 radical (unpaired) electrons. The summed E-state index contributed by atoms with van der Waals surface area (Å²) in [4.78, 5) is 16.8. The van der Waals surface area contributed by atoms with Crippen LogP contribution in [0, 0.1) is 13.8 Å². The van der Waals surface area contributed by atoms with Crippen LogP contribution in [0.5, 0.6) is 0 Å². The van der Waals surface area contributed by atoms with Gasteiger partial charge in [0.15, 0.2) is 0 Å². The predicted octanol–water partition coefficient (Wildman–Crippen LogP) is 1.76. The van der Waals surface area contributed by atoms with Gasteiger partial charge in [-0.15, -0.1) is 0 Å². The Balaban J connectivity index is 1.91. The second-order valence-electron chi connectivity index (χ2n) is 6.27. The molecule has 1 aliphatic rings. The SMILES string of the molecule is CC[C@@H](CO)N1CCN(C(=O)Cc2cc(C)ccc2C)CC1. The fourth-order valence-corrected chi connectivity index (χ4v) is 3.10. The summed E-state index contributed by atoms with van der Waals surface area (Å²) < 4.78 is 0. The molecule has 1 atom stereocenters. The molecule has 1 amide bonds. The van der Waals surface area contributed by atoms with Crippen LogP contribution < -0.4 is 0 Å². The number of piperazine rings is 1. The number of carbonyl (C=O) groups is 1. The number of aryl methyl sites for hydroxylation is 2. The van der Waals surface area contributed by atoms with Gasteiger partial charge in [-0.1, -0.05) is 30.7 Å². The van der Waals surface area contributed by atoms with Gasteiger partial charge in [0.05, 0.1) is 13.0 Å². The average molecular weight is 304 g/mol. The third kappa shape index (κ3) is 4.08. The largest absolute Gasteiger partial charge is 0.395 e. The van der Waals surface area contributed by atoms with E-state index in [-0.39, 0.29) is 18.6 Å². The number of hydrogen-bond acceptors (Lipinski definition) is 3. The maximum Gasteiger partial charge on any atom is 0.227 e. The Hall–Kier alpha value is -1.39. The lowest BCUT2D eigenvalue weighted by Crippen LogP contribution is -2.53. The van der Waals surface area contributed by atoms with E-state index in [1.54, 1.807) is 0 Å². The van der Waals surface area contributed by atoms with Gasteiger partial charge in [0.25, 0.3) is 0 Å². The van der Waals surface area contributed by atoms with Crippen LogP contribution in [0.3, 0.4) is 0 Å². The summed E-state index contributed by atoms with van der Waals surface area (Å²) in [5.74, 6) is 0.213. The van der Waals surface area contributed by atoms with Crippen LogP contribution in [0.25, 0.3) is 0 Å². The van der Waals surface area contributed by atoms with Crippen molar-refractivity contribution in [2.24, 2.45) is 0 Å². The molecule has 4 heteroatoms. The fraction of sp³-hybridized carbons (Fsp3) is 0.611. The Morgan fingerprint density at radius 2 is 1.91 bits per heavy atom. The second kappa shape index (κ2) is 7.75. The first-order valence-electron chi connectivity index (χ1n) is 8.24. The van der Waals surface area contributed by atoms with Gasteiger partial charge in [0, 0.05) is 32.2 Å². The molecule has 22 heavy (non-hydrogen) atoms. The van der Waals surface area contributed by atoms with Gasteiger partial charge in [-0.2, -0.15) is 0 Å². The van der Waals surface area contributed by atoms with Gasteiger partial charge < -0.3 is 10.0 Å². The Labute approximate surface area is 133 Å². The summed E-state index contributed by atoms with van der Waals surface area (Å²) in [6.45, 7) is 9.67. The molecule has 4 nitrogen and oxygen atoms in total. The van der Waals surface area contributed by atoms with Crippen molar-refractivity contribution in [3.63, 3.8) is 0 Å². The molecule has 1 aliphatic heterocycles. The summed E-state index contributed by atoms with van der Waals surface area (Å²) >= 11 is 0. The van der Waals surface area contributed by atoms with E-state index in [1.807, 2.05) is 4.90 Å². The van der Waals surface area contributed by atoms with E-state index in [2.05, 4.69) is 43.9 Å². The van der Waals surface area contributed by atoms with Crippen molar-refractivity contribution in [2.45, 2.75) is 39.7 Å². The van der Waals surface area contributed by atoms with E-state index in [1.165, 1.54) is 11.1 Å². The first kappa shape index (κ1) is 17.0. The van der Waals surface area contributed by atoms with Crippen molar-refractivity contribution < 1.29 is 9.90 Å². The zero-order valence-corrected chi connectivity index (χ0v) is 14.0. The summed E-state index contributed by atoms with van der Waals surface area (Å²) in [7, 11) is 0. The molecule has 0 aromatic heterocycles. The minimum Gasteiger partial charge on any atom is -0.395 e. The molecule has 0 saturated carbocycles. The Kier molecular flexibility index (Phi) is 5.98. The first-order chi connectivity index (χ1) is 10.5. The highest BCUT2D eigenvalue weighted by molar-refractivity contribution is 5.79. The average Bonchev–Trinajstić information content (AvgIpc) is 2.53. The molecule has 1 N–H and O–H groups in total. The lowest BCUT2D eigenvalue weighted by molar-refractivity contribution is -0.132. The van der Waals surface area contributed by atoms with Crippen molar-refractivity contribution in [1.82, 2.24) is 9.80 Å². The number of nitrogens with zero attached hydrogens (tertiary/aromatic N) is 2. The van der Waals surface area contributed by atoms with Crippen LogP contribution in [0.2, 0.25) is 0 Å². The normalized spacial score (nSPS) is 17.5. The van der Waals surface area contributed by atoms with Gasteiger partial charge in [-0.3, -0.25) is 9.69 Å². The number of hydrogen-bond donors (Lipinski definition) is 1. The zero-order chi connectivity index (χ0) is 16.1. The number of aliphatic hydroxyl groups is 1. The third-order valence-corrected chi connectivity index (χ3v) is 4.71. The molecule has 0 spiro atoms. The Bertz CT molecular complexity index is 504. The highest BCUT2D eigenvalue weighted by Gasteiger charge is 2.25. The van der Waals surface area contributed by atoms with Crippen LogP contribution in [0.4, 0.5) is 0 Å². The highest BCUT2D eigenvalue weighted by Crippen LogP contribution is 2.14. The minimum atomic E-state index is 0.201. The highest BCUT2D eigenvalue weighted by atomic mass is 16.3. The van der Waals surface area contributed by atoms with Crippen LogP contribution in [-0.2, 0) is 11.2 Å². The van der Waals surface area contributed by atoms with E-state index in [9.17, 15) is 9.90 Å². The maximum absolute atomic E-state index is 12.5. The Morgan fingerprint density at radius 1 is 1.23 bits per heavy atom. The molecule has 0 bridgehead atoms. The van der Waals surface area contributed by atoms with Crippen molar-refractivity contribution >= 4 is 5.91 Å². The quantitative estimate of drug-likeness (QED) is 0.901. The summed E-state index contributed by atoms with van der Waals surface area (Å²) in [6.07, 6.45) is 1.44. The fourth-order valence-electron chi connectivity index (χ4n) is 3.10. The van der Waals surface area contributed by atoms with Gasteiger partial charge in [-0.25, -0.2) is 0 Å². The van der Waals surface area contributed by atoms with Crippen LogP contribution in [0.15, 0.2) is 18.2 Å². The van der Waals surface area contributed by atoms with Gasteiger partial charge in [0.1, 0.15) is 0 Å². The monoisotopic (exact) mass is 304 g/mol. The molecule has 0 aliphatic carbocycles. The summed E-state index contributed by atoms with van der Waals surface area (Å²) in [5.41, 5.74) is 3.52. The molecular weight excluding hydrogens is 276 g/mol. The lowest BCUT2D eigenvalue weighted by Gasteiger charge is -2.38. The van der Waals surface area contributed by atoms with Crippen molar-refractivity contribution in [3.05, 3.63) is 34.9 Å². The van der Waals surface area contributed by atoms with Crippen molar-refractivity contribution in [3.8, 4) is 0 Å². The second-order valence-corrected chi connectivity index (χ2v) is 6.27. The Morgan fingerprint density at radius 3 is 2.50 bits per heavy atom. The molecule has 1 aromatic carbocycles. The molecular formula is C18H28N2O2. The maximum atomic E-state index is 12.5.